The van der Waals surface area contributed by atoms with Crippen molar-refractivity contribution in [2.45, 2.75) is 39.8 Å². The van der Waals surface area contributed by atoms with E-state index in [2.05, 4.69) is 4.98 Å². The number of oxazole rings is 1. The van der Waals surface area contributed by atoms with Crippen LogP contribution in [0.3, 0.4) is 0 Å². The smallest absolute Gasteiger partial charge is 0.406 e. The molecule has 2 aromatic rings. The highest BCUT2D eigenvalue weighted by molar-refractivity contribution is 5.79. The Bertz CT molecular complexity index is 915. The Labute approximate surface area is 178 Å². The Kier molecular flexibility index (Phi) is 6.34. The van der Waals surface area contributed by atoms with E-state index in [1.165, 1.54) is 6.26 Å². The molecule has 1 amide bonds. The summed E-state index contributed by atoms with van der Waals surface area (Å²) < 4.78 is 50.1. The van der Waals surface area contributed by atoms with Gasteiger partial charge in [0.15, 0.2) is 5.76 Å². The molecule has 1 fully saturated rings. The maximum absolute atomic E-state index is 13.0. The molecule has 10 heteroatoms. The summed E-state index contributed by atoms with van der Waals surface area (Å²) >= 11 is 0. The van der Waals surface area contributed by atoms with Crippen molar-refractivity contribution in [1.29, 1.82) is 5.26 Å². The normalized spacial score (nSPS) is 15.7. The van der Waals surface area contributed by atoms with Crippen molar-refractivity contribution in [3.8, 4) is 17.7 Å². The van der Waals surface area contributed by atoms with E-state index in [1.807, 2.05) is 6.07 Å². The van der Waals surface area contributed by atoms with Gasteiger partial charge in [-0.05, 0) is 30.4 Å². The molecule has 0 aromatic carbocycles. The summed E-state index contributed by atoms with van der Waals surface area (Å²) in [5, 5.41) is 9.39. The third-order valence-corrected chi connectivity index (χ3v) is 4.93. The predicted molar refractivity (Wildman–Crippen MR) is 106 cm³/mol. The molecule has 7 nitrogen and oxygen atoms in total. The Morgan fingerprint density at radius 1 is 1.29 bits per heavy atom. The topological polar surface area (TPSA) is 86.5 Å². The molecule has 1 saturated heterocycles. The maximum atomic E-state index is 13.0. The molecule has 31 heavy (non-hydrogen) atoms. The summed E-state index contributed by atoms with van der Waals surface area (Å²) in [6.07, 6.45) is -2.27. The van der Waals surface area contributed by atoms with Crippen LogP contribution in [0, 0.1) is 22.7 Å². The van der Waals surface area contributed by atoms with Gasteiger partial charge in [0, 0.05) is 25.6 Å². The Balaban J connectivity index is 1.69. The fraction of sp³-hybridized carbons (Fsp3) is 0.571. The van der Waals surface area contributed by atoms with Gasteiger partial charge in [-0.25, -0.2) is 0 Å². The molecule has 168 valence electrons. The predicted octanol–water partition coefficient (Wildman–Crippen LogP) is 4.46. The van der Waals surface area contributed by atoms with E-state index >= 15 is 0 Å². The molecule has 3 rings (SSSR count). The van der Waals surface area contributed by atoms with Crippen LogP contribution in [0.2, 0.25) is 0 Å². The lowest BCUT2D eigenvalue weighted by atomic mass is 9.92. The molecular weight excluding hydrogens is 413 g/mol. The fourth-order valence-electron chi connectivity index (χ4n) is 3.69. The van der Waals surface area contributed by atoms with Crippen molar-refractivity contribution in [3.05, 3.63) is 24.1 Å². The standard InChI is InChI=1S/C21H25F3N4O3/c1-20(2,3)12-28(13-21(22,23)24)18(29)14-6-8-27(9-7-14)19-15(11-25)26-17(31-19)16-5-4-10-30-16/h4-5,10,14H,6-9,12-13H2,1-3H3. The fourth-order valence-corrected chi connectivity index (χ4v) is 3.69. The van der Waals surface area contributed by atoms with Gasteiger partial charge in [-0.15, -0.1) is 0 Å². The summed E-state index contributed by atoms with van der Waals surface area (Å²) in [5.74, 6) is -0.157. The van der Waals surface area contributed by atoms with Gasteiger partial charge < -0.3 is 18.6 Å². The van der Waals surface area contributed by atoms with Crippen LogP contribution in [0.4, 0.5) is 19.1 Å². The number of nitriles is 1. The van der Waals surface area contributed by atoms with Gasteiger partial charge in [-0.2, -0.15) is 23.4 Å². The summed E-state index contributed by atoms with van der Waals surface area (Å²) in [6, 6.07) is 5.32. The van der Waals surface area contributed by atoms with E-state index in [0.717, 1.165) is 4.90 Å². The number of hydrogen-bond acceptors (Lipinski definition) is 6. The van der Waals surface area contributed by atoms with Gasteiger partial charge in [0.05, 0.1) is 6.26 Å². The van der Waals surface area contributed by atoms with Crippen LogP contribution in [0.25, 0.3) is 11.7 Å². The highest BCUT2D eigenvalue weighted by Gasteiger charge is 2.38. The minimum Gasteiger partial charge on any atom is -0.459 e. The quantitative estimate of drug-likeness (QED) is 0.685. The van der Waals surface area contributed by atoms with Crippen LogP contribution in [0.1, 0.15) is 39.3 Å². The van der Waals surface area contributed by atoms with E-state index in [0.29, 0.717) is 31.7 Å². The van der Waals surface area contributed by atoms with Crippen molar-refractivity contribution < 1.29 is 26.8 Å². The minimum atomic E-state index is -4.45. The van der Waals surface area contributed by atoms with Crippen LogP contribution in [-0.4, -0.2) is 48.1 Å². The zero-order valence-electron chi connectivity index (χ0n) is 17.7. The molecule has 0 saturated carbocycles. The lowest BCUT2D eigenvalue weighted by molar-refractivity contribution is -0.166. The molecule has 1 aliphatic rings. The number of furan rings is 1. The number of hydrogen-bond donors (Lipinski definition) is 0. The van der Waals surface area contributed by atoms with Crippen LogP contribution in [0.15, 0.2) is 27.2 Å². The molecule has 0 spiro atoms. The van der Waals surface area contributed by atoms with Crippen molar-refractivity contribution in [2.24, 2.45) is 11.3 Å². The molecule has 1 aliphatic heterocycles. The van der Waals surface area contributed by atoms with Gasteiger partial charge in [-0.3, -0.25) is 4.79 Å². The van der Waals surface area contributed by atoms with Gasteiger partial charge in [0.2, 0.25) is 17.5 Å². The SMILES string of the molecule is CC(C)(C)CN(CC(F)(F)F)C(=O)C1CCN(c2oc(-c3ccco3)nc2C#N)CC1. The average Bonchev–Trinajstić information content (AvgIpc) is 3.34. The average molecular weight is 438 g/mol. The third kappa shape index (κ3) is 5.81. The largest absolute Gasteiger partial charge is 0.459 e. The van der Waals surface area contributed by atoms with E-state index in [4.69, 9.17) is 8.83 Å². The lowest BCUT2D eigenvalue weighted by Crippen LogP contribution is -2.48. The first-order valence-corrected chi connectivity index (χ1v) is 10.0. The van der Waals surface area contributed by atoms with Gasteiger partial charge in [0.1, 0.15) is 12.6 Å². The number of alkyl halides is 3. The summed E-state index contributed by atoms with van der Waals surface area (Å²) in [5.41, 5.74) is -0.353. The monoisotopic (exact) mass is 438 g/mol. The number of carbonyl (C=O) groups excluding carboxylic acids is 1. The van der Waals surface area contributed by atoms with Crippen LogP contribution in [0.5, 0.6) is 0 Å². The Morgan fingerprint density at radius 2 is 1.97 bits per heavy atom. The minimum absolute atomic E-state index is 0.0265. The highest BCUT2D eigenvalue weighted by Crippen LogP contribution is 2.32. The van der Waals surface area contributed by atoms with Crippen LogP contribution >= 0.6 is 0 Å². The number of halogens is 3. The molecule has 0 radical (unpaired) electrons. The van der Waals surface area contributed by atoms with E-state index in [9.17, 15) is 23.2 Å². The molecular formula is C21H25F3N4O3. The second-order valence-electron chi connectivity index (χ2n) is 8.89. The van der Waals surface area contributed by atoms with Crippen molar-refractivity contribution in [3.63, 3.8) is 0 Å². The number of carbonyl (C=O) groups is 1. The van der Waals surface area contributed by atoms with Crippen LogP contribution in [-0.2, 0) is 4.79 Å². The number of piperidine rings is 1. The first-order valence-electron chi connectivity index (χ1n) is 10.0. The van der Waals surface area contributed by atoms with E-state index in [1.54, 1.807) is 37.8 Å². The molecule has 3 heterocycles. The summed E-state index contributed by atoms with van der Waals surface area (Å²) in [4.78, 5) is 19.7. The summed E-state index contributed by atoms with van der Waals surface area (Å²) in [7, 11) is 0. The van der Waals surface area contributed by atoms with Crippen molar-refractivity contribution in [2.75, 3.05) is 31.1 Å². The molecule has 0 aliphatic carbocycles. The first kappa shape index (κ1) is 22.7. The number of amides is 1. The Hall–Kier alpha value is -2.96. The van der Waals surface area contributed by atoms with Crippen molar-refractivity contribution in [1.82, 2.24) is 9.88 Å². The van der Waals surface area contributed by atoms with Crippen molar-refractivity contribution >= 4 is 11.8 Å². The molecule has 0 bridgehead atoms. The second kappa shape index (κ2) is 8.65. The van der Waals surface area contributed by atoms with E-state index in [-0.39, 0.29) is 24.0 Å². The number of anilines is 1. The van der Waals surface area contributed by atoms with Gasteiger partial charge in [0.25, 0.3) is 5.89 Å². The second-order valence-corrected chi connectivity index (χ2v) is 8.89. The maximum Gasteiger partial charge on any atom is 0.406 e. The zero-order chi connectivity index (χ0) is 22.8. The van der Waals surface area contributed by atoms with Crippen LogP contribution < -0.4 is 4.90 Å². The van der Waals surface area contributed by atoms with E-state index < -0.39 is 30.0 Å². The number of rotatable bonds is 5. The zero-order valence-corrected chi connectivity index (χ0v) is 17.7. The first-order chi connectivity index (χ1) is 14.5. The number of nitrogens with zero attached hydrogens (tertiary/aromatic N) is 4. The van der Waals surface area contributed by atoms with Gasteiger partial charge in [-0.1, -0.05) is 20.8 Å². The number of aromatic nitrogens is 1. The molecule has 2 aromatic heterocycles. The molecule has 0 unspecified atom stereocenters. The lowest BCUT2D eigenvalue weighted by Gasteiger charge is -2.36. The summed E-state index contributed by atoms with van der Waals surface area (Å²) in [6.45, 7) is 4.92. The molecule has 0 atom stereocenters. The molecule has 0 N–H and O–H groups in total. The Morgan fingerprint density at radius 3 is 2.48 bits per heavy atom. The van der Waals surface area contributed by atoms with Gasteiger partial charge >= 0.3 is 6.18 Å². The highest BCUT2D eigenvalue weighted by atomic mass is 19.4. The third-order valence-electron chi connectivity index (χ3n) is 4.93.